The van der Waals surface area contributed by atoms with E-state index in [0.717, 1.165) is 17.5 Å². The van der Waals surface area contributed by atoms with E-state index in [-0.39, 0.29) is 0 Å². The van der Waals surface area contributed by atoms with Crippen LogP contribution in [-0.2, 0) is 16.8 Å². The van der Waals surface area contributed by atoms with E-state index >= 15 is 0 Å². The zero-order valence-corrected chi connectivity index (χ0v) is 11.5. The molecule has 3 unspecified atom stereocenters. The standard InChI is InChI=1S/C15H19NO3/c1-10(17)11(2)19-15(9-16)7-6-12-4-5-13(18-3)8-14(12)15/h4-5,8,10-11,17H,6-7H2,1-3H3. The van der Waals surface area contributed by atoms with Crippen molar-refractivity contribution in [3.8, 4) is 11.8 Å². The van der Waals surface area contributed by atoms with Gasteiger partial charge in [-0.15, -0.1) is 0 Å². The van der Waals surface area contributed by atoms with E-state index in [4.69, 9.17) is 9.47 Å². The second-order valence-corrected chi connectivity index (χ2v) is 5.03. The Labute approximate surface area is 113 Å². The van der Waals surface area contributed by atoms with E-state index in [1.165, 1.54) is 0 Å². The van der Waals surface area contributed by atoms with Gasteiger partial charge < -0.3 is 14.6 Å². The van der Waals surface area contributed by atoms with Crippen molar-refractivity contribution in [2.45, 2.75) is 44.5 Å². The lowest BCUT2D eigenvalue weighted by Gasteiger charge is -2.28. The van der Waals surface area contributed by atoms with Crippen LogP contribution in [-0.4, -0.2) is 24.4 Å². The van der Waals surface area contributed by atoms with E-state index in [1.807, 2.05) is 18.2 Å². The van der Waals surface area contributed by atoms with Gasteiger partial charge in [0.15, 0.2) is 5.60 Å². The number of aryl methyl sites for hydroxylation is 1. The van der Waals surface area contributed by atoms with E-state index in [0.29, 0.717) is 12.2 Å². The van der Waals surface area contributed by atoms with Crippen molar-refractivity contribution in [2.24, 2.45) is 0 Å². The van der Waals surface area contributed by atoms with Crippen LogP contribution in [0.5, 0.6) is 5.75 Å². The first-order chi connectivity index (χ1) is 9.02. The van der Waals surface area contributed by atoms with Crippen molar-refractivity contribution in [2.75, 3.05) is 7.11 Å². The average molecular weight is 261 g/mol. The Balaban J connectivity index is 2.38. The van der Waals surface area contributed by atoms with Crippen molar-refractivity contribution >= 4 is 0 Å². The monoisotopic (exact) mass is 261 g/mol. The Kier molecular flexibility index (Phi) is 3.79. The lowest BCUT2D eigenvalue weighted by atomic mass is 9.96. The molecule has 0 radical (unpaired) electrons. The van der Waals surface area contributed by atoms with Gasteiger partial charge in [-0.25, -0.2) is 0 Å². The maximum absolute atomic E-state index is 9.58. The van der Waals surface area contributed by atoms with E-state index in [1.54, 1.807) is 21.0 Å². The summed E-state index contributed by atoms with van der Waals surface area (Å²) in [6.07, 6.45) is 0.416. The second-order valence-electron chi connectivity index (χ2n) is 5.03. The highest BCUT2D eigenvalue weighted by atomic mass is 16.5. The van der Waals surface area contributed by atoms with E-state index < -0.39 is 17.8 Å². The largest absolute Gasteiger partial charge is 0.497 e. The smallest absolute Gasteiger partial charge is 0.180 e. The first-order valence-corrected chi connectivity index (χ1v) is 6.47. The third kappa shape index (κ3) is 2.44. The number of nitriles is 1. The highest BCUT2D eigenvalue weighted by molar-refractivity contribution is 5.46. The molecule has 0 fully saturated rings. The molecule has 4 nitrogen and oxygen atoms in total. The maximum atomic E-state index is 9.58. The van der Waals surface area contributed by atoms with Gasteiger partial charge in [-0.1, -0.05) is 6.07 Å². The highest BCUT2D eigenvalue weighted by Gasteiger charge is 2.42. The van der Waals surface area contributed by atoms with Gasteiger partial charge in [0.05, 0.1) is 19.3 Å². The molecule has 1 aromatic carbocycles. The fraction of sp³-hybridized carbons (Fsp3) is 0.533. The number of methoxy groups -OCH3 is 1. The second kappa shape index (κ2) is 5.20. The Morgan fingerprint density at radius 2 is 2.16 bits per heavy atom. The fourth-order valence-electron chi connectivity index (χ4n) is 2.40. The molecule has 3 atom stereocenters. The minimum Gasteiger partial charge on any atom is -0.497 e. The lowest BCUT2D eigenvalue weighted by molar-refractivity contribution is -0.0984. The number of benzene rings is 1. The predicted molar refractivity (Wildman–Crippen MR) is 70.8 cm³/mol. The van der Waals surface area contributed by atoms with Crippen LogP contribution in [0.3, 0.4) is 0 Å². The molecular formula is C15H19NO3. The number of nitrogens with zero attached hydrogens (tertiary/aromatic N) is 1. The Morgan fingerprint density at radius 3 is 2.74 bits per heavy atom. The average Bonchev–Trinajstić information content (AvgIpc) is 2.77. The summed E-state index contributed by atoms with van der Waals surface area (Å²) in [5.41, 5.74) is 1.00. The van der Waals surface area contributed by atoms with Crippen molar-refractivity contribution < 1.29 is 14.6 Å². The molecule has 1 aromatic rings. The third-order valence-electron chi connectivity index (χ3n) is 3.75. The first-order valence-electron chi connectivity index (χ1n) is 6.47. The molecular weight excluding hydrogens is 242 g/mol. The molecule has 1 aliphatic rings. The number of ether oxygens (including phenoxy) is 2. The molecule has 0 heterocycles. The predicted octanol–water partition coefficient (Wildman–Crippen LogP) is 2.15. The number of aliphatic hydroxyl groups is 1. The molecule has 102 valence electrons. The molecule has 2 rings (SSSR count). The van der Waals surface area contributed by atoms with Crippen LogP contribution >= 0.6 is 0 Å². The fourth-order valence-corrected chi connectivity index (χ4v) is 2.40. The van der Waals surface area contributed by atoms with Crippen LogP contribution in [0.2, 0.25) is 0 Å². The molecule has 0 bridgehead atoms. The van der Waals surface area contributed by atoms with Crippen LogP contribution < -0.4 is 4.74 Å². The summed E-state index contributed by atoms with van der Waals surface area (Å²) in [5.74, 6) is 0.716. The Hall–Kier alpha value is -1.57. The minimum atomic E-state index is -0.972. The third-order valence-corrected chi connectivity index (χ3v) is 3.75. The molecule has 0 amide bonds. The Morgan fingerprint density at radius 1 is 1.42 bits per heavy atom. The van der Waals surface area contributed by atoms with Gasteiger partial charge in [-0.3, -0.25) is 0 Å². The number of aliphatic hydroxyl groups excluding tert-OH is 1. The zero-order valence-electron chi connectivity index (χ0n) is 11.5. The summed E-state index contributed by atoms with van der Waals surface area (Å²) in [6.45, 7) is 3.44. The van der Waals surface area contributed by atoms with Gasteiger partial charge >= 0.3 is 0 Å². The normalized spacial score (nSPS) is 24.4. The summed E-state index contributed by atoms with van der Waals surface area (Å²) < 4.78 is 11.1. The van der Waals surface area contributed by atoms with Gasteiger partial charge in [0.25, 0.3) is 0 Å². The maximum Gasteiger partial charge on any atom is 0.180 e. The minimum absolute atomic E-state index is 0.392. The topological polar surface area (TPSA) is 62.5 Å². The first kappa shape index (κ1) is 13.9. The number of rotatable bonds is 4. The molecule has 0 spiro atoms. The SMILES string of the molecule is COc1ccc2c(c1)C(C#N)(OC(C)C(C)O)CC2. The summed E-state index contributed by atoms with van der Waals surface area (Å²) in [5, 5.41) is 19.1. The summed E-state index contributed by atoms with van der Waals surface area (Å²) in [6, 6.07) is 8.01. The molecule has 0 aromatic heterocycles. The Bertz CT molecular complexity index is 507. The number of hydrogen-bond donors (Lipinski definition) is 1. The van der Waals surface area contributed by atoms with Gasteiger partial charge in [-0.05, 0) is 44.4 Å². The van der Waals surface area contributed by atoms with Crippen molar-refractivity contribution in [1.29, 1.82) is 5.26 Å². The van der Waals surface area contributed by atoms with Gasteiger partial charge in [0.2, 0.25) is 0 Å². The number of hydrogen-bond acceptors (Lipinski definition) is 4. The van der Waals surface area contributed by atoms with Crippen LogP contribution in [0.25, 0.3) is 0 Å². The van der Waals surface area contributed by atoms with Crippen molar-refractivity contribution in [1.82, 2.24) is 0 Å². The van der Waals surface area contributed by atoms with Gasteiger partial charge in [-0.2, -0.15) is 5.26 Å². The molecule has 0 saturated heterocycles. The molecule has 0 aliphatic heterocycles. The zero-order chi connectivity index (χ0) is 14.0. The molecule has 0 saturated carbocycles. The lowest BCUT2D eigenvalue weighted by Crippen LogP contribution is -2.34. The highest BCUT2D eigenvalue weighted by Crippen LogP contribution is 2.42. The van der Waals surface area contributed by atoms with E-state index in [2.05, 4.69) is 6.07 Å². The summed E-state index contributed by atoms with van der Waals surface area (Å²) in [4.78, 5) is 0. The molecule has 19 heavy (non-hydrogen) atoms. The van der Waals surface area contributed by atoms with Crippen LogP contribution in [0, 0.1) is 11.3 Å². The van der Waals surface area contributed by atoms with E-state index in [9.17, 15) is 10.4 Å². The van der Waals surface area contributed by atoms with Crippen molar-refractivity contribution in [3.05, 3.63) is 29.3 Å². The van der Waals surface area contributed by atoms with Gasteiger partial charge in [0, 0.05) is 5.56 Å². The quantitative estimate of drug-likeness (QED) is 0.902. The summed E-state index contributed by atoms with van der Waals surface area (Å²) in [7, 11) is 1.60. The van der Waals surface area contributed by atoms with Crippen LogP contribution in [0.15, 0.2) is 18.2 Å². The van der Waals surface area contributed by atoms with Gasteiger partial charge in [0.1, 0.15) is 11.8 Å². The van der Waals surface area contributed by atoms with Crippen LogP contribution in [0.1, 0.15) is 31.4 Å². The molecule has 1 N–H and O–H groups in total. The van der Waals surface area contributed by atoms with Crippen LogP contribution in [0.4, 0.5) is 0 Å². The van der Waals surface area contributed by atoms with Crippen molar-refractivity contribution in [3.63, 3.8) is 0 Å². The molecule has 1 aliphatic carbocycles. The molecule has 4 heteroatoms. The summed E-state index contributed by atoms with van der Waals surface area (Å²) >= 11 is 0. The number of fused-ring (bicyclic) bond motifs is 1.